The minimum absolute atomic E-state index is 0.000627. The third-order valence-corrected chi connectivity index (χ3v) is 10.2. The van der Waals surface area contributed by atoms with E-state index >= 15 is 0 Å². The summed E-state index contributed by atoms with van der Waals surface area (Å²) in [7, 11) is -10.8. The third-order valence-electron chi connectivity index (χ3n) is 5.05. The Morgan fingerprint density at radius 2 is 0.929 bits per heavy atom. The van der Waals surface area contributed by atoms with Crippen LogP contribution in [0, 0.1) is 0 Å². The quantitative estimate of drug-likeness (QED) is 0.629. The zero-order valence-corrected chi connectivity index (χ0v) is 18.1. The maximum absolute atomic E-state index is 12.9. The predicted molar refractivity (Wildman–Crippen MR) is 104 cm³/mol. The van der Waals surface area contributed by atoms with Crippen LogP contribution >= 0.6 is 0 Å². The molecule has 0 aromatic heterocycles. The number of hydrogen-bond donors (Lipinski definition) is 0. The summed E-state index contributed by atoms with van der Waals surface area (Å²) in [6.07, 6.45) is 3.15. The Hall–Kier alpha value is -1.05. The average Bonchev–Trinajstić information content (AvgIpc) is 3.05. The van der Waals surface area contributed by atoms with E-state index in [0.29, 0.717) is 19.5 Å². The Morgan fingerprint density at radius 3 is 1.39 bits per heavy atom. The molecule has 0 radical (unpaired) electrons. The zero-order valence-electron chi connectivity index (χ0n) is 15.7. The van der Waals surface area contributed by atoms with Crippen molar-refractivity contribution < 1.29 is 25.3 Å². The molecule has 0 saturated carbocycles. The summed E-state index contributed by atoms with van der Waals surface area (Å²) in [5, 5.41) is 0. The van der Waals surface area contributed by atoms with Crippen molar-refractivity contribution in [2.75, 3.05) is 45.5 Å². The molecule has 0 spiro atoms. The smallest absolute Gasteiger partial charge is 0.213 e. The highest BCUT2D eigenvalue weighted by atomic mass is 32.2. The van der Waals surface area contributed by atoms with Crippen LogP contribution in [-0.4, -0.2) is 83.7 Å². The minimum atomic E-state index is -3.83. The molecule has 0 unspecified atom stereocenters. The van der Waals surface area contributed by atoms with Crippen molar-refractivity contribution in [2.45, 2.75) is 29.1 Å². The van der Waals surface area contributed by atoms with E-state index in [-0.39, 0.29) is 36.0 Å². The topological polar surface area (TPSA) is 112 Å². The van der Waals surface area contributed by atoms with Crippen LogP contribution in [0.3, 0.4) is 0 Å². The second-order valence-corrected chi connectivity index (χ2v) is 12.9. The van der Waals surface area contributed by atoms with E-state index < -0.39 is 30.1 Å². The monoisotopic (exact) mass is 451 g/mol. The molecular formula is C16H25N3O6S3. The lowest BCUT2D eigenvalue weighted by Gasteiger charge is -2.21. The van der Waals surface area contributed by atoms with Gasteiger partial charge in [-0.15, -0.1) is 0 Å². The lowest BCUT2D eigenvalue weighted by atomic mass is 10.4. The molecular weight excluding hydrogens is 426 g/mol. The summed E-state index contributed by atoms with van der Waals surface area (Å²) in [5.41, 5.74) is 0. The highest BCUT2D eigenvalue weighted by Crippen LogP contribution is 2.24. The highest BCUT2D eigenvalue weighted by Gasteiger charge is 2.31. The van der Waals surface area contributed by atoms with Gasteiger partial charge in [-0.05, 0) is 43.5 Å². The van der Waals surface area contributed by atoms with Gasteiger partial charge < -0.3 is 0 Å². The van der Waals surface area contributed by atoms with Crippen LogP contribution in [0.5, 0.6) is 0 Å². The maximum atomic E-state index is 12.9. The molecule has 2 aliphatic heterocycles. The SMILES string of the molecule is CS(=O)(=O)N1CCCN(S(=O)(=O)c2ccc(S(=O)(=O)N3CCCC3)cc2)CC1. The van der Waals surface area contributed by atoms with Gasteiger partial charge in [-0.2, -0.15) is 8.61 Å². The van der Waals surface area contributed by atoms with Crippen LogP contribution in [0.1, 0.15) is 19.3 Å². The van der Waals surface area contributed by atoms with Gasteiger partial charge in [0.15, 0.2) is 0 Å². The molecule has 0 atom stereocenters. The van der Waals surface area contributed by atoms with Crippen LogP contribution in [-0.2, 0) is 30.1 Å². The second-order valence-electron chi connectivity index (χ2n) is 7.00. The van der Waals surface area contributed by atoms with E-state index in [9.17, 15) is 25.3 Å². The molecule has 1 aromatic carbocycles. The van der Waals surface area contributed by atoms with Gasteiger partial charge >= 0.3 is 0 Å². The summed E-state index contributed by atoms with van der Waals surface area (Å²) in [5.74, 6) is 0. The normalized spacial score (nSPS) is 21.6. The van der Waals surface area contributed by atoms with E-state index in [1.165, 1.54) is 37.2 Å². The molecule has 0 bridgehead atoms. The standard InChI is InChI=1S/C16H25N3O6S3/c1-26(20,21)17-11-4-12-19(14-13-17)28(24,25)16-7-5-15(6-8-16)27(22,23)18-9-2-3-10-18/h5-8H,2-4,9-14H2,1H3. The number of hydrogen-bond acceptors (Lipinski definition) is 6. The largest absolute Gasteiger partial charge is 0.243 e. The van der Waals surface area contributed by atoms with Gasteiger partial charge in [0.2, 0.25) is 30.1 Å². The number of sulfonamides is 3. The van der Waals surface area contributed by atoms with Crippen LogP contribution in [0.2, 0.25) is 0 Å². The van der Waals surface area contributed by atoms with Gasteiger partial charge in [0.1, 0.15) is 0 Å². The number of nitrogens with zero attached hydrogens (tertiary/aromatic N) is 3. The molecule has 2 heterocycles. The Balaban J connectivity index is 1.79. The van der Waals surface area contributed by atoms with Crippen LogP contribution in [0.25, 0.3) is 0 Å². The van der Waals surface area contributed by atoms with Crippen molar-refractivity contribution in [3.8, 4) is 0 Å². The lowest BCUT2D eigenvalue weighted by Crippen LogP contribution is -2.37. The highest BCUT2D eigenvalue weighted by molar-refractivity contribution is 7.89. The van der Waals surface area contributed by atoms with Gasteiger partial charge in [-0.25, -0.2) is 29.6 Å². The Kier molecular flexibility index (Phi) is 6.18. The summed E-state index contributed by atoms with van der Waals surface area (Å²) >= 11 is 0. The molecule has 28 heavy (non-hydrogen) atoms. The number of rotatable bonds is 5. The average molecular weight is 452 g/mol. The summed E-state index contributed by atoms with van der Waals surface area (Å²) in [6.45, 7) is 1.60. The first-order valence-corrected chi connectivity index (χ1v) is 13.8. The summed E-state index contributed by atoms with van der Waals surface area (Å²) in [4.78, 5) is 0.0770. The van der Waals surface area contributed by atoms with Crippen LogP contribution in [0.15, 0.2) is 34.1 Å². The van der Waals surface area contributed by atoms with Crippen molar-refractivity contribution >= 4 is 30.1 Å². The van der Waals surface area contributed by atoms with Crippen molar-refractivity contribution in [1.82, 2.24) is 12.9 Å². The summed E-state index contributed by atoms with van der Waals surface area (Å²) in [6, 6.07) is 5.25. The predicted octanol–water partition coefficient (Wildman–Crippen LogP) is 0.127. The fourth-order valence-corrected chi connectivity index (χ4v) is 7.31. The van der Waals surface area contributed by atoms with E-state index in [1.807, 2.05) is 0 Å². The van der Waals surface area contributed by atoms with Gasteiger partial charge in [0, 0.05) is 39.3 Å². The van der Waals surface area contributed by atoms with Crippen molar-refractivity contribution in [2.24, 2.45) is 0 Å². The first kappa shape index (κ1) is 21.7. The van der Waals surface area contributed by atoms with Gasteiger partial charge in [0.25, 0.3) is 0 Å². The van der Waals surface area contributed by atoms with Gasteiger partial charge in [-0.1, -0.05) is 0 Å². The molecule has 12 heteroatoms. The Bertz CT molecular complexity index is 1010. The van der Waals surface area contributed by atoms with E-state index in [1.54, 1.807) is 0 Å². The molecule has 0 amide bonds. The molecule has 3 rings (SSSR count). The minimum Gasteiger partial charge on any atom is -0.213 e. The fraction of sp³-hybridized carbons (Fsp3) is 0.625. The van der Waals surface area contributed by atoms with Crippen molar-refractivity contribution in [1.29, 1.82) is 0 Å². The summed E-state index contributed by atoms with van der Waals surface area (Å²) < 4.78 is 78.3. The maximum Gasteiger partial charge on any atom is 0.243 e. The molecule has 9 nitrogen and oxygen atoms in total. The first-order valence-electron chi connectivity index (χ1n) is 9.08. The van der Waals surface area contributed by atoms with Crippen molar-refractivity contribution in [3.05, 3.63) is 24.3 Å². The lowest BCUT2D eigenvalue weighted by molar-refractivity contribution is 0.406. The van der Waals surface area contributed by atoms with Gasteiger partial charge in [-0.3, -0.25) is 0 Å². The molecule has 1 aromatic rings. The fourth-order valence-electron chi connectivity index (χ4n) is 3.45. The van der Waals surface area contributed by atoms with Crippen LogP contribution < -0.4 is 0 Å². The Morgan fingerprint density at radius 1 is 0.571 bits per heavy atom. The van der Waals surface area contributed by atoms with Crippen molar-refractivity contribution in [3.63, 3.8) is 0 Å². The van der Waals surface area contributed by atoms with E-state index in [0.717, 1.165) is 19.1 Å². The molecule has 0 aliphatic carbocycles. The molecule has 158 valence electrons. The molecule has 2 saturated heterocycles. The van der Waals surface area contributed by atoms with E-state index in [4.69, 9.17) is 0 Å². The number of benzene rings is 1. The Labute approximate surface area is 167 Å². The van der Waals surface area contributed by atoms with Gasteiger partial charge in [0.05, 0.1) is 16.0 Å². The first-order chi connectivity index (χ1) is 13.0. The zero-order chi connectivity index (χ0) is 20.6. The molecule has 2 fully saturated rings. The molecule has 2 aliphatic rings. The second kappa shape index (κ2) is 8.00. The third kappa shape index (κ3) is 4.41. The molecule has 0 N–H and O–H groups in total. The van der Waals surface area contributed by atoms with E-state index in [2.05, 4.69) is 0 Å². The van der Waals surface area contributed by atoms with Crippen LogP contribution in [0.4, 0.5) is 0 Å².